The highest BCUT2D eigenvalue weighted by atomic mass is 19.4. The molecule has 0 aliphatic carbocycles. The number of hydrogen-bond donors (Lipinski definition) is 0. The summed E-state index contributed by atoms with van der Waals surface area (Å²) in [5, 5.41) is 0. The standard InChI is InChI=1S/C13H17F3N2O3/c1-20-9-8-18(7-6-12(19)21-2)11-5-3-4-10(17-11)13(14,15)16/h3-5H,6-9H2,1-2H3. The summed E-state index contributed by atoms with van der Waals surface area (Å²) in [5.74, 6) is -0.296. The van der Waals surface area contributed by atoms with Crippen molar-refractivity contribution < 1.29 is 27.4 Å². The monoisotopic (exact) mass is 306 g/mol. The number of alkyl halides is 3. The fourth-order valence-corrected chi connectivity index (χ4v) is 1.63. The average Bonchev–Trinajstić information content (AvgIpc) is 2.46. The van der Waals surface area contributed by atoms with Crippen molar-refractivity contribution in [1.29, 1.82) is 0 Å². The lowest BCUT2D eigenvalue weighted by Gasteiger charge is -2.23. The molecule has 0 amide bonds. The largest absolute Gasteiger partial charge is 0.469 e. The number of pyridine rings is 1. The number of rotatable bonds is 7. The van der Waals surface area contributed by atoms with Crippen LogP contribution >= 0.6 is 0 Å². The van der Waals surface area contributed by atoms with Gasteiger partial charge in [-0.25, -0.2) is 4.98 Å². The van der Waals surface area contributed by atoms with E-state index in [1.807, 2.05) is 0 Å². The van der Waals surface area contributed by atoms with Crippen LogP contribution < -0.4 is 4.90 Å². The van der Waals surface area contributed by atoms with E-state index < -0.39 is 17.8 Å². The highest BCUT2D eigenvalue weighted by Crippen LogP contribution is 2.28. The zero-order valence-corrected chi connectivity index (χ0v) is 11.8. The van der Waals surface area contributed by atoms with Gasteiger partial charge in [-0.2, -0.15) is 13.2 Å². The van der Waals surface area contributed by atoms with Crippen molar-refractivity contribution in [3.8, 4) is 0 Å². The van der Waals surface area contributed by atoms with Gasteiger partial charge < -0.3 is 14.4 Å². The molecular weight excluding hydrogens is 289 g/mol. The Morgan fingerprint density at radius 1 is 1.29 bits per heavy atom. The SMILES string of the molecule is COCCN(CCC(=O)OC)c1cccc(C(F)(F)F)n1. The van der Waals surface area contributed by atoms with E-state index in [1.54, 1.807) is 4.90 Å². The molecule has 0 saturated heterocycles. The Morgan fingerprint density at radius 3 is 2.57 bits per heavy atom. The molecule has 0 aliphatic heterocycles. The maximum atomic E-state index is 12.7. The van der Waals surface area contributed by atoms with Crippen LogP contribution in [0.1, 0.15) is 12.1 Å². The third kappa shape index (κ3) is 5.58. The van der Waals surface area contributed by atoms with Crippen LogP contribution in [0.15, 0.2) is 18.2 Å². The highest BCUT2D eigenvalue weighted by Gasteiger charge is 2.32. The molecule has 0 radical (unpaired) electrons. The second-order valence-corrected chi connectivity index (χ2v) is 4.18. The molecule has 0 bridgehead atoms. The summed E-state index contributed by atoms with van der Waals surface area (Å²) < 4.78 is 47.5. The molecule has 0 fully saturated rings. The van der Waals surface area contributed by atoms with Crippen LogP contribution in [-0.2, 0) is 20.4 Å². The van der Waals surface area contributed by atoms with Crippen LogP contribution in [0.25, 0.3) is 0 Å². The van der Waals surface area contributed by atoms with Crippen molar-refractivity contribution in [3.63, 3.8) is 0 Å². The summed E-state index contributed by atoms with van der Waals surface area (Å²) in [6.07, 6.45) is -4.45. The number of anilines is 1. The first-order valence-corrected chi connectivity index (χ1v) is 6.23. The third-order valence-electron chi connectivity index (χ3n) is 2.73. The van der Waals surface area contributed by atoms with Gasteiger partial charge in [-0.05, 0) is 12.1 Å². The van der Waals surface area contributed by atoms with Gasteiger partial charge in [0.2, 0.25) is 0 Å². The Morgan fingerprint density at radius 2 is 2.00 bits per heavy atom. The normalized spacial score (nSPS) is 11.3. The van der Waals surface area contributed by atoms with E-state index in [1.165, 1.54) is 26.4 Å². The molecule has 0 spiro atoms. The van der Waals surface area contributed by atoms with Crippen LogP contribution in [0.2, 0.25) is 0 Å². The molecular formula is C13H17F3N2O3. The van der Waals surface area contributed by atoms with Crippen LogP contribution in [0.4, 0.5) is 19.0 Å². The smallest absolute Gasteiger partial charge is 0.433 e. The lowest BCUT2D eigenvalue weighted by molar-refractivity contribution is -0.141. The summed E-state index contributed by atoms with van der Waals surface area (Å²) in [6, 6.07) is 3.64. The van der Waals surface area contributed by atoms with Gasteiger partial charge in [0.15, 0.2) is 0 Å². The lowest BCUT2D eigenvalue weighted by atomic mass is 10.3. The van der Waals surface area contributed by atoms with Gasteiger partial charge in [0.25, 0.3) is 0 Å². The molecule has 21 heavy (non-hydrogen) atoms. The van der Waals surface area contributed by atoms with Crippen LogP contribution in [0.3, 0.4) is 0 Å². The van der Waals surface area contributed by atoms with E-state index in [-0.39, 0.29) is 18.8 Å². The van der Waals surface area contributed by atoms with E-state index in [0.717, 1.165) is 6.07 Å². The minimum absolute atomic E-state index is 0.0537. The van der Waals surface area contributed by atoms with E-state index in [4.69, 9.17) is 4.74 Å². The van der Waals surface area contributed by atoms with Crippen LogP contribution in [0, 0.1) is 0 Å². The number of carbonyl (C=O) groups excluding carboxylic acids is 1. The molecule has 0 N–H and O–H groups in total. The molecule has 0 aliphatic rings. The molecule has 1 aromatic rings. The molecule has 5 nitrogen and oxygen atoms in total. The summed E-state index contributed by atoms with van der Waals surface area (Å²) in [7, 11) is 2.74. The number of hydrogen-bond acceptors (Lipinski definition) is 5. The Labute approximate surface area is 120 Å². The maximum absolute atomic E-state index is 12.7. The Kier molecular flexibility index (Phi) is 6.41. The van der Waals surface area contributed by atoms with Crippen molar-refractivity contribution in [2.45, 2.75) is 12.6 Å². The summed E-state index contributed by atoms with van der Waals surface area (Å²) >= 11 is 0. The third-order valence-corrected chi connectivity index (χ3v) is 2.73. The topological polar surface area (TPSA) is 51.7 Å². The molecule has 0 saturated carbocycles. The fraction of sp³-hybridized carbons (Fsp3) is 0.538. The molecule has 0 aromatic carbocycles. The van der Waals surface area contributed by atoms with Gasteiger partial charge in [0.05, 0.1) is 20.1 Å². The Balaban J connectivity index is 2.89. The number of aromatic nitrogens is 1. The summed E-state index contributed by atoms with van der Waals surface area (Å²) in [5.41, 5.74) is -0.972. The molecule has 1 aromatic heterocycles. The second kappa shape index (κ2) is 7.82. The van der Waals surface area contributed by atoms with Gasteiger partial charge in [-0.3, -0.25) is 4.79 Å². The van der Waals surface area contributed by atoms with E-state index >= 15 is 0 Å². The zero-order chi connectivity index (χ0) is 15.9. The average molecular weight is 306 g/mol. The van der Waals surface area contributed by atoms with Gasteiger partial charge >= 0.3 is 12.1 Å². The van der Waals surface area contributed by atoms with Crippen molar-refractivity contribution >= 4 is 11.8 Å². The second-order valence-electron chi connectivity index (χ2n) is 4.18. The summed E-state index contributed by atoms with van der Waals surface area (Å²) in [6.45, 7) is 0.825. The van der Waals surface area contributed by atoms with Crippen LogP contribution in [0.5, 0.6) is 0 Å². The number of esters is 1. The Bertz CT molecular complexity index is 466. The van der Waals surface area contributed by atoms with Crippen molar-refractivity contribution in [1.82, 2.24) is 4.98 Å². The molecule has 1 heterocycles. The van der Waals surface area contributed by atoms with E-state index in [0.29, 0.717) is 13.2 Å². The number of methoxy groups -OCH3 is 2. The molecule has 1 rings (SSSR count). The van der Waals surface area contributed by atoms with E-state index in [9.17, 15) is 18.0 Å². The minimum Gasteiger partial charge on any atom is -0.469 e. The van der Waals surface area contributed by atoms with Crippen molar-refractivity contribution in [3.05, 3.63) is 23.9 Å². The van der Waals surface area contributed by atoms with E-state index in [2.05, 4.69) is 9.72 Å². The molecule has 8 heteroatoms. The van der Waals surface area contributed by atoms with Crippen molar-refractivity contribution in [2.24, 2.45) is 0 Å². The first-order valence-electron chi connectivity index (χ1n) is 6.23. The Hall–Kier alpha value is -1.83. The highest BCUT2D eigenvalue weighted by molar-refractivity contribution is 5.69. The lowest BCUT2D eigenvalue weighted by Crippen LogP contribution is -2.31. The fourth-order valence-electron chi connectivity index (χ4n) is 1.63. The van der Waals surface area contributed by atoms with Gasteiger partial charge in [-0.15, -0.1) is 0 Å². The number of halogens is 3. The predicted octanol–water partition coefficient (Wildman–Crippen LogP) is 2.12. The number of nitrogens with zero attached hydrogens (tertiary/aromatic N) is 2. The van der Waals surface area contributed by atoms with Gasteiger partial charge in [-0.1, -0.05) is 6.07 Å². The van der Waals surface area contributed by atoms with Crippen LogP contribution in [-0.4, -0.2) is 44.9 Å². The zero-order valence-electron chi connectivity index (χ0n) is 11.8. The first kappa shape index (κ1) is 17.2. The van der Waals surface area contributed by atoms with Gasteiger partial charge in [0, 0.05) is 20.2 Å². The number of carbonyl (C=O) groups is 1. The first-order chi connectivity index (χ1) is 9.88. The van der Waals surface area contributed by atoms with Gasteiger partial charge in [0.1, 0.15) is 11.5 Å². The predicted molar refractivity (Wildman–Crippen MR) is 70.0 cm³/mol. The minimum atomic E-state index is -4.51. The quantitative estimate of drug-likeness (QED) is 0.722. The molecule has 0 unspecified atom stereocenters. The molecule has 0 atom stereocenters. The maximum Gasteiger partial charge on any atom is 0.433 e. The van der Waals surface area contributed by atoms with Crippen molar-refractivity contribution in [2.75, 3.05) is 38.8 Å². The number of ether oxygens (including phenoxy) is 2. The molecule has 118 valence electrons. The summed E-state index contributed by atoms with van der Waals surface area (Å²) in [4.78, 5) is 16.3.